The smallest absolute Gasteiger partial charge is 0.255 e. The minimum atomic E-state index is -0.297. The van der Waals surface area contributed by atoms with E-state index >= 15 is 0 Å². The molecule has 2 rings (SSSR count). The van der Waals surface area contributed by atoms with Gasteiger partial charge in [0, 0.05) is 30.6 Å². The molecule has 0 bridgehead atoms. The van der Waals surface area contributed by atoms with Gasteiger partial charge in [0.25, 0.3) is 11.5 Å². The van der Waals surface area contributed by atoms with Crippen LogP contribution in [-0.2, 0) is 13.5 Å². The summed E-state index contributed by atoms with van der Waals surface area (Å²) in [6, 6.07) is 10.4. The monoisotopic (exact) mass is 271 g/mol. The lowest BCUT2D eigenvalue weighted by atomic mass is 10.1. The van der Waals surface area contributed by atoms with Gasteiger partial charge in [-0.05, 0) is 36.7 Å². The van der Waals surface area contributed by atoms with Crippen molar-refractivity contribution < 1.29 is 4.79 Å². The third-order valence-electron chi connectivity index (χ3n) is 3.01. The molecule has 0 aliphatic rings. The Balaban J connectivity index is 2.10. The van der Waals surface area contributed by atoms with Gasteiger partial charge in [0.2, 0.25) is 0 Å². The Morgan fingerprint density at radius 2 is 1.95 bits per heavy atom. The molecule has 0 fully saturated rings. The number of hydrogen-bond donors (Lipinski definition) is 2. The fraction of sp³-hybridized carbons (Fsp3) is 0.200. The molecule has 2 aromatic rings. The second kappa shape index (κ2) is 6.16. The molecular weight excluding hydrogens is 254 g/mol. The number of anilines is 1. The van der Waals surface area contributed by atoms with E-state index in [2.05, 4.69) is 5.32 Å². The summed E-state index contributed by atoms with van der Waals surface area (Å²) in [5.41, 5.74) is 7.43. The fourth-order valence-electron chi connectivity index (χ4n) is 1.81. The molecule has 0 unspecified atom stereocenters. The van der Waals surface area contributed by atoms with Crippen LogP contribution in [0, 0.1) is 0 Å². The van der Waals surface area contributed by atoms with Gasteiger partial charge in [0.1, 0.15) is 0 Å². The molecule has 0 aliphatic carbocycles. The Hall–Kier alpha value is -2.40. The Morgan fingerprint density at radius 1 is 1.25 bits per heavy atom. The zero-order chi connectivity index (χ0) is 14.5. The van der Waals surface area contributed by atoms with Gasteiger partial charge in [-0.25, -0.2) is 0 Å². The van der Waals surface area contributed by atoms with Crippen LogP contribution in [0.2, 0.25) is 0 Å². The number of amides is 1. The molecule has 0 radical (unpaired) electrons. The number of carbonyl (C=O) groups excluding carboxylic acids is 1. The van der Waals surface area contributed by atoms with E-state index in [0.29, 0.717) is 17.8 Å². The summed E-state index contributed by atoms with van der Waals surface area (Å²) in [6.07, 6.45) is 2.38. The highest BCUT2D eigenvalue weighted by Crippen LogP contribution is 2.11. The Labute approximate surface area is 117 Å². The van der Waals surface area contributed by atoms with E-state index < -0.39 is 0 Å². The van der Waals surface area contributed by atoms with Crippen molar-refractivity contribution >= 4 is 11.6 Å². The van der Waals surface area contributed by atoms with E-state index in [1.165, 1.54) is 10.6 Å². The van der Waals surface area contributed by atoms with Crippen LogP contribution >= 0.6 is 0 Å². The van der Waals surface area contributed by atoms with Gasteiger partial charge < -0.3 is 15.6 Å². The van der Waals surface area contributed by atoms with Gasteiger partial charge in [0.05, 0.1) is 0 Å². The number of aryl methyl sites for hydroxylation is 1. The van der Waals surface area contributed by atoms with Crippen LogP contribution in [0.25, 0.3) is 0 Å². The maximum atomic E-state index is 12.0. The number of nitrogens with two attached hydrogens (primary N) is 1. The predicted octanol–water partition coefficient (Wildman–Crippen LogP) is 1.14. The summed E-state index contributed by atoms with van der Waals surface area (Å²) in [4.78, 5) is 23.5. The number of pyridine rings is 1. The molecule has 1 heterocycles. The SMILES string of the molecule is Cn1ccc(C(=O)Nc2ccc(CCN)cc2)cc1=O. The Morgan fingerprint density at radius 3 is 2.55 bits per heavy atom. The van der Waals surface area contributed by atoms with Crippen LogP contribution in [-0.4, -0.2) is 17.0 Å². The fourth-order valence-corrected chi connectivity index (χ4v) is 1.81. The Kier molecular flexibility index (Phi) is 4.32. The third kappa shape index (κ3) is 3.33. The maximum Gasteiger partial charge on any atom is 0.255 e. The summed E-state index contributed by atoms with van der Waals surface area (Å²) in [5.74, 6) is -0.297. The van der Waals surface area contributed by atoms with Crippen molar-refractivity contribution in [3.63, 3.8) is 0 Å². The van der Waals surface area contributed by atoms with Gasteiger partial charge in [-0.1, -0.05) is 12.1 Å². The topological polar surface area (TPSA) is 77.1 Å². The zero-order valence-electron chi connectivity index (χ0n) is 11.3. The molecule has 5 heteroatoms. The number of benzene rings is 1. The van der Waals surface area contributed by atoms with E-state index in [1.54, 1.807) is 19.3 Å². The quantitative estimate of drug-likeness (QED) is 0.875. The summed E-state index contributed by atoms with van der Waals surface area (Å²) in [7, 11) is 1.64. The lowest BCUT2D eigenvalue weighted by Crippen LogP contribution is -2.19. The highest BCUT2D eigenvalue weighted by atomic mass is 16.2. The number of nitrogens with zero attached hydrogens (tertiary/aromatic N) is 1. The van der Waals surface area contributed by atoms with Crippen molar-refractivity contribution in [2.75, 3.05) is 11.9 Å². The van der Waals surface area contributed by atoms with Crippen molar-refractivity contribution in [3.05, 3.63) is 64.1 Å². The van der Waals surface area contributed by atoms with Gasteiger partial charge in [-0.15, -0.1) is 0 Å². The third-order valence-corrected chi connectivity index (χ3v) is 3.01. The van der Waals surface area contributed by atoms with Crippen LogP contribution in [0.5, 0.6) is 0 Å². The molecule has 0 aliphatic heterocycles. The molecule has 104 valence electrons. The van der Waals surface area contributed by atoms with Gasteiger partial charge in [-0.2, -0.15) is 0 Å². The van der Waals surface area contributed by atoms with Gasteiger partial charge >= 0.3 is 0 Å². The summed E-state index contributed by atoms with van der Waals surface area (Å²) in [5, 5.41) is 2.76. The van der Waals surface area contributed by atoms with E-state index in [1.807, 2.05) is 24.3 Å². The molecule has 0 atom stereocenters. The summed E-state index contributed by atoms with van der Waals surface area (Å²) >= 11 is 0. The average Bonchev–Trinajstić information content (AvgIpc) is 2.44. The standard InChI is InChI=1S/C15H17N3O2/c1-18-9-7-12(10-14(18)19)15(20)17-13-4-2-11(3-5-13)6-8-16/h2-5,7,9-10H,6,8,16H2,1H3,(H,17,20). The molecule has 0 saturated heterocycles. The first-order chi connectivity index (χ1) is 9.60. The van der Waals surface area contributed by atoms with Gasteiger partial charge in [-0.3, -0.25) is 9.59 Å². The molecule has 0 spiro atoms. The second-order valence-corrected chi connectivity index (χ2v) is 4.55. The van der Waals surface area contributed by atoms with E-state index in [-0.39, 0.29) is 11.5 Å². The predicted molar refractivity (Wildman–Crippen MR) is 78.8 cm³/mol. The van der Waals surface area contributed by atoms with Crippen molar-refractivity contribution in [3.8, 4) is 0 Å². The highest BCUT2D eigenvalue weighted by Gasteiger charge is 2.07. The number of carbonyl (C=O) groups is 1. The van der Waals surface area contributed by atoms with E-state index in [0.717, 1.165) is 12.0 Å². The first-order valence-electron chi connectivity index (χ1n) is 6.37. The first kappa shape index (κ1) is 14.0. The maximum absolute atomic E-state index is 12.0. The molecule has 0 saturated carbocycles. The number of aromatic nitrogens is 1. The molecule has 5 nitrogen and oxygen atoms in total. The molecule has 20 heavy (non-hydrogen) atoms. The first-order valence-corrected chi connectivity index (χ1v) is 6.37. The van der Waals surface area contributed by atoms with Crippen LogP contribution < -0.4 is 16.6 Å². The van der Waals surface area contributed by atoms with Crippen LogP contribution in [0.1, 0.15) is 15.9 Å². The molecule has 1 amide bonds. The summed E-state index contributed by atoms with van der Waals surface area (Å²) < 4.78 is 1.42. The molecule has 1 aromatic heterocycles. The van der Waals surface area contributed by atoms with Crippen molar-refractivity contribution in [1.29, 1.82) is 0 Å². The summed E-state index contributed by atoms with van der Waals surface area (Å²) in [6.45, 7) is 0.596. The minimum absolute atomic E-state index is 0.212. The normalized spacial score (nSPS) is 10.3. The molecule has 3 N–H and O–H groups in total. The van der Waals surface area contributed by atoms with Crippen LogP contribution in [0.4, 0.5) is 5.69 Å². The van der Waals surface area contributed by atoms with Crippen LogP contribution in [0.3, 0.4) is 0 Å². The second-order valence-electron chi connectivity index (χ2n) is 4.55. The van der Waals surface area contributed by atoms with Gasteiger partial charge in [0.15, 0.2) is 0 Å². The lowest BCUT2D eigenvalue weighted by Gasteiger charge is -2.06. The van der Waals surface area contributed by atoms with Crippen molar-refractivity contribution in [2.24, 2.45) is 12.8 Å². The minimum Gasteiger partial charge on any atom is -0.330 e. The van der Waals surface area contributed by atoms with Crippen LogP contribution in [0.15, 0.2) is 47.4 Å². The largest absolute Gasteiger partial charge is 0.330 e. The molecular formula is C15H17N3O2. The number of hydrogen-bond acceptors (Lipinski definition) is 3. The molecule has 1 aromatic carbocycles. The number of rotatable bonds is 4. The lowest BCUT2D eigenvalue weighted by molar-refractivity contribution is 0.102. The Bertz CT molecular complexity index is 660. The van der Waals surface area contributed by atoms with Crippen molar-refractivity contribution in [2.45, 2.75) is 6.42 Å². The average molecular weight is 271 g/mol. The highest BCUT2D eigenvalue weighted by molar-refractivity contribution is 6.04. The zero-order valence-corrected chi connectivity index (χ0v) is 11.3. The van der Waals surface area contributed by atoms with E-state index in [9.17, 15) is 9.59 Å². The van der Waals surface area contributed by atoms with E-state index in [4.69, 9.17) is 5.73 Å². The van der Waals surface area contributed by atoms with Crippen molar-refractivity contribution in [1.82, 2.24) is 4.57 Å². The number of nitrogens with one attached hydrogen (secondary N) is 1.